The van der Waals surface area contributed by atoms with Crippen LogP contribution in [0.5, 0.6) is 0 Å². The maximum absolute atomic E-state index is 10.7. The molecule has 2 aromatic carbocycles. The molecule has 2 aromatic heterocycles. The Hall–Kier alpha value is -2.85. The molecule has 0 saturated heterocycles. The molecule has 0 radical (unpaired) electrons. The van der Waals surface area contributed by atoms with Crippen LogP contribution in [0.15, 0.2) is 74.9 Å². The average molecular weight is 484 g/mol. The minimum absolute atomic E-state index is 0.0541. The smallest absolute Gasteiger partial charge is 0.179 e. The highest BCUT2D eigenvalue weighted by Gasteiger charge is 2.18. The van der Waals surface area contributed by atoms with Crippen molar-refractivity contribution < 1.29 is 9.52 Å². The molecule has 0 saturated carbocycles. The normalized spacial score (nSPS) is 11.8. The van der Waals surface area contributed by atoms with Gasteiger partial charge < -0.3 is 9.52 Å². The van der Waals surface area contributed by atoms with Crippen molar-refractivity contribution in [3.05, 3.63) is 86.3 Å². The van der Waals surface area contributed by atoms with E-state index in [0.29, 0.717) is 21.4 Å². The van der Waals surface area contributed by atoms with Gasteiger partial charge in [-0.15, -0.1) is 11.3 Å². The van der Waals surface area contributed by atoms with Crippen LogP contribution >= 0.6 is 38.9 Å². The van der Waals surface area contributed by atoms with Gasteiger partial charge in [-0.1, -0.05) is 51.8 Å². The highest BCUT2D eigenvalue weighted by molar-refractivity contribution is 9.10. The fraction of sp³-hybridized carbons (Fsp3) is 0. The summed E-state index contributed by atoms with van der Waals surface area (Å²) in [6.45, 7) is 0. The zero-order chi connectivity index (χ0) is 20.4. The Morgan fingerprint density at radius 1 is 1.10 bits per heavy atom. The monoisotopic (exact) mass is 482 g/mol. The Labute approximate surface area is 184 Å². The van der Waals surface area contributed by atoms with Gasteiger partial charge in [0.15, 0.2) is 11.5 Å². The van der Waals surface area contributed by atoms with Crippen molar-refractivity contribution >= 4 is 50.2 Å². The van der Waals surface area contributed by atoms with Crippen LogP contribution in [-0.4, -0.2) is 10.1 Å². The van der Waals surface area contributed by atoms with Crippen LogP contribution in [0.2, 0.25) is 5.02 Å². The summed E-state index contributed by atoms with van der Waals surface area (Å²) in [5.41, 5.74) is 2.41. The molecule has 0 fully saturated rings. The van der Waals surface area contributed by atoms with E-state index >= 15 is 0 Å². The van der Waals surface area contributed by atoms with Crippen molar-refractivity contribution in [3.63, 3.8) is 0 Å². The summed E-state index contributed by atoms with van der Waals surface area (Å²) in [7, 11) is 0. The van der Waals surface area contributed by atoms with Gasteiger partial charge >= 0.3 is 0 Å². The lowest BCUT2D eigenvalue weighted by Crippen LogP contribution is -1.89. The zero-order valence-electron chi connectivity index (χ0n) is 14.8. The van der Waals surface area contributed by atoms with E-state index in [9.17, 15) is 10.4 Å². The summed E-state index contributed by atoms with van der Waals surface area (Å²) in [5, 5.41) is 23.1. The van der Waals surface area contributed by atoms with E-state index in [2.05, 4.69) is 20.9 Å². The van der Waals surface area contributed by atoms with Crippen molar-refractivity contribution in [3.8, 4) is 28.7 Å². The Balaban J connectivity index is 1.70. The minimum atomic E-state index is -0.262. The third-order valence-electron chi connectivity index (χ3n) is 4.19. The molecule has 0 aliphatic rings. The van der Waals surface area contributed by atoms with Gasteiger partial charge in [0.25, 0.3) is 0 Å². The van der Waals surface area contributed by atoms with Crippen LogP contribution < -0.4 is 0 Å². The third-order valence-corrected chi connectivity index (χ3v) is 5.90. The Kier molecular flexibility index (Phi) is 5.54. The maximum Gasteiger partial charge on any atom is 0.179 e. The summed E-state index contributed by atoms with van der Waals surface area (Å²) in [4.78, 5) is 4.51. The van der Waals surface area contributed by atoms with Crippen molar-refractivity contribution in [2.24, 2.45) is 0 Å². The molecule has 0 spiro atoms. The molecular weight excluding hydrogens is 472 g/mol. The largest absolute Gasteiger partial charge is 0.503 e. The molecule has 4 aromatic rings. The number of nitrogens with zero attached hydrogens (tertiary/aromatic N) is 2. The highest BCUT2D eigenvalue weighted by Crippen LogP contribution is 2.34. The lowest BCUT2D eigenvalue weighted by molar-refractivity contribution is 0.466. The summed E-state index contributed by atoms with van der Waals surface area (Å²) < 4.78 is 6.72. The number of hydrogen-bond donors (Lipinski definition) is 1. The lowest BCUT2D eigenvalue weighted by Gasteiger charge is -2.01. The summed E-state index contributed by atoms with van der Waals surface area (Å²) >= 11 is 10.9. The average Bonchev–Trinajstić information content (AvgIpc) is 3.40. The van der Waals surface area contributed by atoms with E-state index < -0.39 is 0 Å². The number of nitriles is 1. The number of furan rings is 1. The van der Waals surface area contributed by atoms with Crippen molar-refractivity contribution in [2.75, 3.05) is 0 Å². The quantitative estimate of drug-likeness (QED) is 0.242. The Bertz CT molecular complexity index is 1250. The second-order valence-electron chi connectivity index (χ2n) is 6.02. The van der Waals surface area contributed by atoms with Gasteiger partial charge in [0.05, 0.1) is 10.7 Å². The molecule has 7 heteroatoms. The number of allylic oxidation sites excluding steroid dienone is 1. The molecule has 0 aliphatic carbocycles. The number of aliphatic hydroxyl groups excluding tert-OH is 1. The van der Waals surface area contributed by atoms with E-state index in [1.807, 2.05) is 53.9 Å². The number of rotatable bonds is 4. The van der Waals surface area contributed by atoms with Crippen molar-refractivity contribution in [2.45, 2.75) is 0 Å². The third kappa shape index (κ3) is 3.99. The van der Waals surface area contributed by atoms with Crippen molar-refractivity contribution in [1.82, 2.24) is 4.98 Å². The van der Waals surface area contributed by atoms with Crippen LogP contribution in [0.3, 0.4) is 0 Å². The number of aliphatic hydroxyl groups is 1. The Morgan fingerprint density at radius 2 is 1.86 bits per heavy atom. The molecule has 2 heterocycles. The van der Waals surface area contributed by atoms with Gasteiger partial charge in [0.1, 0.15) is 22.4 Å². The molecule has 142 valence electrons. The predicted octanol–water partition coefficient (Wildman–Crippen LogP) is 7.44. The number of thiazole rings is 1. The van der Waals surface area contributed by atoms with Gasteiger partial charge in [-0.05, 0) is 36.4 Å². The number of benzene rings is 2. The van der Waals surface area contributed by atoms with Gasteiger partial charge in [-0.2, -0.15) is 5.26 Å². The summed E-state index contributed by atoms with van der Waals surface area (Å²) in [6, 6.07) is 20.3. The number of halogens is 2. The maximum atomic E-state index is 10.7. The topological polar surface area (TPSA) is 70.0 Å². The number of hydrogen-bond acceptors (Lipinski definition) is 5. The second kappa shape index (κ2) is 8.26. The van der Waals surface area contributed by atoms with Gasteiger partial charge in [-0.25, -0.2) is 4.98 Å². The highest BCUT2D eigenvalue weighted by atomic mass is 79.9. The summed E-state index contributed by atoms with van der Waals surface area (Å²) in [6.07, 6.45) is 0. The fourth-order valence-corrected chi connectivity index (χ4v) is 4.05. The molecule has 4 nitrogen and oxygen atoms in total. The minimum Gasteiger partial charge on any atom is -0.503 e. The van der Waals surface area contributed by atoms with E-state index in [1.165, 1.54) is 11.3 Å². The molecule has 0 bridgehead atoms. The first-order chi connectivity index (χ1) is 14.1. The van der Waals surface area contributed by atoms with Gasteiger partial charge in [0, 0.05) is 21.0 Å². The van der Waals surface area contributed by atoms with Crippen LogP contribution in [0.25, 0.3) is 33.9 Å². The van der Waals surface area contributed by atoms with Crippen LogP contribution in [-0.2, 0) is 0 Å². The van der Waals surface area contributed by atoms with Crippen LogP contribution in [0.1, 0.15) is 10.8 Å². The van der Waals surface area contributed by atoms with Gasteiger partial charge in [0.2, 0.25) is 0 Å². The molecule has 0 unspecified atom stereocenters. The van der Waals surface area contributed by atoms with Crippen molar-refractivity contribution in [1.29, 1.82) is 5.26 Å². The van der Waals surface area contributed by atoms with E-state index in [-0.39, 0.29) is 17.1 Å². The predicted molar refractivity (Wildman–Crippen MR) is 119 cm³/mol. The number of aromatic nitrogens is 1. The second-order valence-corrected chi connectivity index (χ2v) is 8.20. The molecule has 1 N–H and O–H groups in total. The fourth-order valence-electron chi connectivity index (χ4n) is 2.74. The first-order valence-corrected chi connectivity index (χ1v) is 10.5. The first-order valence-electron chi connectivity index (χ1n) is 8.47. The molecule has 4 rings (SSSR count). The molecule has 0 amide bonds. The molecular formula is C22H12BrClN2O2S. The van der Waals surface area contributed by atoms with E-state index in [1.54, 1.807) is 18.2 Å². The molecule has 0 atom stereocenters. The summed E-state index contributed by atoms with van der Waals surface area (Å²) in [5.74, 6) is 0.420. The first kappa shape index (κ1) is 19.5. The SMILES string of the molecule is N#C/C(=C(/O)c1ccc(-c2ccccc2Cl)o1)c1nc(-c2ccc(Br)cc2)cs1. The van der Waals surface area contributed by atoms with Crippen LogP contribution in [0, 0.1) is 11.3 Å². The molecule has 0 aliphatic heterocycles. The standard InChI is InChI=1S/C22H12BrClN2O2S/c23-14-7-5-13(6-8-14)18-12-29-22(26-18)16(11-25)21(27)20-10-9-19(28-20)15-3-1-2-4-17(15)24/h1-10,12,27H/b21-16-. The molecule has 29 heavy (non-hydrogen) atoms. The lowest BCUT2D eigenvalue weighted by atomic mass is 10.2. The Morgan fingerprint density at radius 3 is 2.59 bits per heavy atom. The zero-order valence-corrected chi connectivity index (χ0v) is 17.9. The van der Waals surface area contributed by atoms with E-state index in [0.717, 1.165) is 15.7 Å². The van der Waals surface area contributed by atoms with Gasteiger partial charge in [-0.3, -0.25) is 0 Å². The van der Waals surface area contributed by atoms with E-state index in [4.69, 9.17) is 16.0 Å². The van der Waals surface area contributed by atoms with Crippen LogP contribution in [0.4, 0.5) is 0 Å².